The van der Waals surface area contributed by atoms with Crippen molar-refractivity contribution in [3.8, 4) is 0 Å². The quantitative estimate of drug-likeness (QED) is 0.886. The molecule has 7 heteroatoms. The van der Waals surface area contributed by atoms with Crippen molar-refractivity contribution in [1.29, 1.82) is 0 Å². The molecule has 0 fully saturated rings. The summed E-state index contributed by atoms with van der Waals surface area (Å²) in [5.74, 6) is 1.30. The van der Waals surface area contributed by atoms with Crippen LogP contribution in [0, 0.1) is 6.92 Å². The molecule has 5 nitrogen and oxygen atoms in total. The lowest BCUT2D eigenvalue weighted by Gasteiger charge is -2.11. The highest BCUT2D eigenvalue weighted by atomic mass is 35.5. The molecular formula is C13H18ClN3O2S. The first-order valence-electron chi connectivity index (χ1n) is 6.02. The van der Waals surface area contributed by atoms with Crippen molar-refractivity contribution >= 4 is 46.9 Å². The number of hydrogen-bond acceptors (Lipinski definition) is 5. The Labute approximate surface area is 128 Å². The van der Waals surface area contributed by atoms with Gasteiger partial charge in [-0.3, -0.25) is 4.79 Å². The van der Waals surface area contributed by atoms with Gasteiger partial charge in [0, 0.05) is 18.7 Å². The number of halogens is 1. The second kappa shape index (κ2) is 7.52. The van der Waals surface area contributed by atoms with Gasteiger partial charge in [-0.1, -0.05) is 0 Å². The van der Waals surface area contributed by atoms with E-state index < -0.39 is 6.04 Å². The van der Waals surface area contributed by atoms with Crippen molar-refractivity contribution < 1.29 is 9.21 Å². The Morgan fingerprint density at radius 1 is 1.55 bits per heavy atom. The zero-order valence-corrected chi connectivity index (χ0v) is 13.0. The van der Waals surface area contributed by atoms with E-state index in [2.05, 4.69) is 10.3 Å². The smallest absolute Gasteiger partial charge is 0.241 e. The highest BCUT2D eigenvalue weighted by Crippen LogP contribution is 2.20. The monoisotopic (exact) mass is 315 g/mol. The largest absolute Gasteiger partial charge is 0.441 e. The second-order valence-electron chi connectivity index (χ2n) is 4.29. The number of oxazole rings is 1. The van der Waals surface area contributed by atoms with Crippen LogP contribution in [-0.2, 0) is 4.79 Å². The molecule has 1 aromatic carbocycles. The van der Waals surface area contributed by atoms with Gasteiger partial charge >= 0.3 is 0 Å². The molecule has 0 radical (unpaired) electrons. The fourth-order valence-electron chi connectivity index (χ4n) is 1.73. The normalized spacial score (nSPS) is 11.9. The van der Waals surface area contributed by atoms with E-state index in [-0.39, 0.29) is 18.3 Å². The standard InChI is InChI=1S/C13H17N3O2S.ClH/c1-8-15-11-4-3-9(7-12(11)18-8)16-13(17)10(14)5-6-19-2;/h3-4,7,10H,5-6,14H2,1-2H3,(H,16,17);1H/t10-;/m0./s1. The van der Waals surface area contributed by atoms with Crippen LogP contribution in [0.3, 0.4) is 0 Å². The molecule has 0 aliphatic carbocycles. The minimum Gasteiger partial charge on any atom is -0.441 e. The van der Waals surface area contributed by atoms with Gasteiger partial charge in [-0.15, -0.1) is 12.4 Å². The number of thioether (sulfide) groups is 1. The average Bonchev–Trinajstić information content (AvgIpc) is 2.75. The predicted octanol–water partition coefficient (Wildman–Crippen LogP) is 2.58. The van der Waals surface area contributed by atoms with Crippen LogP contribution >= 0.6 is 24.2 Å². The van der Waals surface area contributed by atoms with Gasteiger partial charge in [-0.2, -0.15) is 11.8 Å². The lowest BCUT2D eigenvalue weighted by atomic mass is 10.2. The number of fused-ring (bicyclic) bond motifs is 1. The van der Waals surface area contributed by atoms with Crippen molar-refractivity contribution in [1.82, 2.24) is 4.98 Å². The third-order valence-corrected chi connectivity index (χ3v) is 3.38. The summed E-state index contributed by atoms with van der Waals surface area (Å²) in [6.07, 6.45) is 2.65. The number of aromatic nitrogens is 1. The molecule has 0 aliphatic rings. The van der Waals surface area contributed by atoms with E-state index in [1.165, 1.54) is 0 Å². The molecule has 0 saturated carbocycles. The minimum atomic E-state index is -0.486. The molecule has 2 rings (SSSR count). The highest BCUT2D eigenvalue weighted by Gasteiger charge is 2.13. The molecule has 0 unspecified atom stereocenters. The molecule has 0 spiro atoms. The topological polar surface area (TPSA) is 81.2 Å². The van der Waals surface area contributed by atoms with Crippen molar-refractivity contribution in [3.63, 3.8) is 0 Å². The Balaban J connectivity index is 0.00000200. The van der Waals surface area contributed by atoms with Gasteiger partial charge in [-0.05, 0) is 30.6 Å². The second-order valence-corrected chi connectivity index (χ2v) is 5.28. The summed E-state index contributed by atoms with van der Waals surface area (Å²) in [5.41, 5.74) is 7.92. The molecule has 0 saturated heterocycles. The number of amides is 1. The summed E-state index contributed by atoms with van der Waals surface area (Å²) in [7, 11) is 0. The number of aryl methyl sites for hydroxylation is 1. The van der Waals surface area contributed by atoms with Gasteiger partial charge in [0.25, 0.3) is 0 Å². The Kier molecular flexibility index (Phi) is 6.32. The maximum atomic E-state index is 11.9. The van der Waals surface area contributed by atoms with Crippen LogP contribution in [0.1, 0.15) is 12.3 Å². The van der Waals surface area contributed by atoms with E-state index in [9.17, 15) is 4.79 Å². The van der Waals surface area contributed by atoms with Crippen LogP contribution in [-0.4, -0.2) is 28.9 Å². The number of carbonyl (C=O) groups excluding carboxylic acids is 1. The molecule has 1 aromatic heterocycles. The van der Waals surface area contributed by atoms with E-state index in [1.54, 1.807) is 30.8 Å². The maximum Gasteiger partial charge on any atom is 0.241 e. The molecule has 1 atom stereocenters. The molecule has 0 aliphatic heterocycles. The van der Waals surface area contributed by atoms with Crippen LogP contribution in [0.25, 0.3) is 11.1 Å². The van der Waals surface area contributed by atoms with Gasteiger partial charge in [0.05, 0.1) is 6.04 Å². The Morgan fingerprint density at radius 2 is 2.30 bits per heavy atom. The SMILES string of the molecule is CSCC[C@H](N)C(=O)Nc1ccc2nc(C)oc2c1.Cl. The molecule has 1 amide bonds. The first-order valence-corrected chi connectivity index (χ1v) is 7.42. The molecule has 0 bridgehead atoms. The summed E-state index contributed by atoms with van der Waals surface area (Å²) in [4.78, 5) is 16.1. The number of hydrogen-bond donors (Lipinski definition) is 2. The fraction of sp³-hybridized carbons (Fsp3) is 0.385. The summed E-state index contributed by atoms with van der Waals surface area (Å²) in [6, 6.07) is 4.88. The third kappa shape index (κ3) is 4.13. The van der Waals surface area contributed by atoms with Gasteiger partial charge in [-0.25, -0.2) is 4.98 Å². The van der Waals surface area contributed by atoms with Crippen LogP contribution < -0.4 is 11.1 Å². The number of rotatable bonds is 5. The van der Waals surface area contributed by atoms with Gasteiger partial charge in [0.15, 0.2) is 11.5 Å². The Morgan fingerprint density at radius 3 is 3.00 bits per heavy atom. The minimum absolute atomic E-state index is 0. The lowest BCUT2D eigenvalue weighted by molar-refractivity contribution is -0.117. The first-order chi connectivity index (χ1) is 9.10. The summed E-state index contributed by atoms with van der Waals surface area (Å²) in [5, 5.41) is 2.79. The van der Waals surface area contributed by atoms with Crippen molar-refractivity contribution in [2.75, 3.05) is 17.3 Å². The molecule has 1 heterocycles. The fourth-order valence-corrected chi connectivity index (χ4v) is 2.22. The predicted molar refractivity (Wildman–Crippen MR) is 85.6 cm³/mol. The number of benzene rings is 1. The molecule has 20 heavy (non-hydrogen) atoms. The number of nitrogens with two attached hydrogens (primary N) is 1. The van der Waals surface area contributed by atoms with Gasteiger partial charge in [0.2, 0.25) is 5.91 Å². The van der Waals surface area contributed by atoms with Crippen LogP contribution in [0.5, 0.6) is 0 Å². The highest BCUT2D eigenvalue weighted by molar-refractivity contribution is 7.98. The van der Waals surface area contributed by atoms with Crippen molar-refractivity contribution in [3.05, 3.63) is 24.1 Å². The average molecular weight is 316 g/mol. The van der Waals surface area contributed by atoms with E-state index in [1.807, 2.05) is 12.3 Å². The summed E-state index contributed by atoms with van der Waals surface area (Å²) >= 11 is 1.68. The van der Waals surface area contributed by atoms with Gasteiger partial charge in [0.1, 0.15) is 5.52 Å². The van der Waals surface area contributed by atoms with E-state index in [4.69, 9.17) is 10.2 Å². The van der Waals surface area contributed by atoms with Crippen LogP contribution in [0.4, 0.5) is 5.69 Å². The van der Waals surface area contributed by atoms with E-state index in [0.717, 1.165) is 11.3 Å². The Bertz CT molecular complexity index is 588. The first kappa shape index (κ1) is 16.8. The molecule has 2 aromatic rings. The number of nitrogens with zero attached hydrogens (tertiary/aromatic N) is 1. The number of anilines is 1. The van der Waals surface area contributed by atoms with E-state index in [0.29, 0.717) is 23.6 Å². The van der Waals surface area contributed by atoms with Crippen molar-refractivity contribution in [2.45, 2.75) is 19.4 Å². The number of carbonyl (C=O) groups is 1. The maximum absolute atomic E-state index is 11.9. The van der Waals surface area contributed by atoms with Crippen LogP contribution in [0.2, 0.25) is 0 Å². The molecule has 3 N–H and O–H groups in total. The zero-order chi connectivity index (χ0) is 13.8. The van der Waals surface area contributed by atoms with Gasteiger partial charge < -0.3 is 15.5 Å². The summed E-state index contributed by atoms with van der Waals surface area (Å²) < 4.78 is 5.42. The van der Waals surface area contributed by atoms with E-state index >= 15 is 0 Å². The number of nitrogens with one attached hydrogen (secondary N) is 1. The zero-order valence-electron chi connectivity index (χ0n) is 11.4. The van der Waals surface area contributed by atoms with Crippen molar-refractivity contribution in [2.24, 2.45) is 5.73 Å². The van der Waals surface area contributed by atoms with Crippen LogP contribution in [0.15, 0.2) is 22.6 Å². The molecular weight excluding hydrogens is 298 g/mol. The summed E-state index contributed by atoms with van der Waals surface area (Å²) in [6.45, 7) is 1.79. The molecule has 110 valence electrons. The third-order valence-electron chi connectivity index (χ3n) is 2.73. The Hall–Kier alpha value is -1.24. The lowest BCUT2D eigenvalue weighted by Crippen LogP contribution is -2.36.